The van der Waals surface area contributed by atoms with Crippen molar-refractivity contribution in [2.75, 3.05) is 18.9 Å². The standard InChI is InChI=1S/C15H27N3S/c1-4-8-16-15-17-10-14(19-15)11-18(3)13-7-5-6-12(2)9-13/h10,12-13H,4-9,11H2,1-3H3,(H,16,17). The maximum atomic E-state index is 4.45. The zero-order valence-corrected chi connectivity index (χ0v) is 13.3. The van der Waals surface area contributed by atoms with Crippen molar-refractivity contribution in [1.82, 2.24) is 9.88 Å². The third-order valence-electron chi connectivity index (χ3n) is 4.02. The maximum absolute atomic E-state index is 4.45. The average molecular weight is 281 g/mol. The lowest BCUT2D eigenvalue weighted by Crippen LogP contribution is -2.34. The van der Waals surface area contributed by atoms with E-state index in [4.69, 9.17) is 0 Å². The summed E-state index contributed by atoms with van der Waals surface area (Å²) in [5.74, 6) is 0.893. The number of hydrogen-bond donors (Lipinski definition) is 1. The fraction of sp³-hybridized carbons (Fsp3) is 0.800. The van der Waals surface area contributed by atoms with Gasteiger partial charge in [-0.05, 0) is 32.2 Å². The molecule has 1 aliphatic rings. The third kappa shape index (κ3) is 4.46. The minimum Gasteiger partial charge on any atom is -0.362 e. The van der Waals surface area contributed by atoms with Crippen LogP contribution < -0.4 is 5.32 Å². The summed E-state index contributed by atoms with van der Waals surface area (Å²) in [5, 5.41) is 4.43. The molecule has 108 valence electrons. The van der Waals surface area contributed by atoms with E-state index in [1.165, 1.54) is 30.6 Å². The van der Waals surface area contributed by atoms with Crippen LogP contribution in [-0.2, 0) is 6.54 Å². The van der Waals surface area contributed by atoms with E-state index in [1.54, 1.807) is 11.3 Å². The van der Waals surface area contributed by atoms with Crippen LogP contribution in [0.3, 0.4) is 0 Å². The second kappa shape index (κ2) is 7.25. The monoisotopic (exact) mass is 281 g/mol. The number of thiazole rings is 1. The molecule has 3 nitrogen and oxygen atoms in total. The first-order valence-electron chi connectivity index (χ1n) is 7.57. The Labute approximate surface area is 121 Å². The van der Waals surface area contributed by atoms with Gasteiger partial charge in [-0.1, -0.05) is 26.7 Å². The van der Waals surface area contributed by atoms with Gasteiger partial charge in [0.25, 0.3) is 0 Å². The number of nitrogens with zero attached hydrogens (tertiary/aromatic N) is 2. The minimum absolute atomic E-state index is 0.762. The highest BCUT2D eigenvalue weighted by Crippen LogP contribution is 2.28. The molecule has 1 fully saturated rings. The van der Waals surface area contributed by atoms with Crippen molar-refractivity contribution in [3.63, 3.8) is 0 Å². The predicted molar refractivity (Wildman–Crippen MR) is 83.8 cm³/mol. The molecule has 2 atom stereocenters. The smallest absolute Gasteiger partial charge is 0.182 e. The van der Waals surface area contributed by atoms with Gasteiger partial charge in [-0.2, -0.15) is 0 Å². The van der Waals surface area contributed by atoms with E-state index >= 15 is 0 Å². The summed E-state index contributed by atoms with van der Waals surface area (Å²) in [6.45, 7) is 6.63. The van der Waals surface area contributed by atoms with E-state index in [0.29, 0.717) is 0 Å². The van der Waals surface area contributed by atoms with Crippen LogP contribution in [0, 0.1) is 5.92 Å². The highest BCUT2D eigenvalue weighted by atomic mass is 32.1. The lowest BCUT2D eigenvalue weighted by Gasteiger charge is -2.33. The van der Waals surface area contributed by atoms with Crippen LogP contribution in [0.5, 0.6) is 0 Å². The Kier molecular flexibility index (Phi) is 5.64. The quantitative estimate of drug-likeness (QED) is 0.855. The Morgan fingerprint density at radius 3 is 3.05 bits per heavy atom. The van der Waals surface area contributed by atoms with Crippen LogP contribution in [0.1, 0.15) is 50.8 Å². The summed E-state index contributed by atoms with van der Waals surface area (Å²) < 4.78 is 0. The van der Waals surface area contributed by atoms with Gasteiger partial charge in [0.15, 0.2) is 5.13 Å². The number of nitrogens with one attached hydrogen (secondary N) is 1. The van der Waals surface area contributed by atoms with Crippen LogP contribution in [0.4, 0.5) is 5.13 Å². The van der Waals surface area contributed by atoms with Crippen LogP contribution in [0.2, 0.25) is 0 Å². The van der Waals surface area contributed by atoms with Crippen molar-refractivity contribution in [2.45, 2.75) is 58.5 Å². The Morgan fingerprint density at radius 2 is 2.32 bits per heavy atom. The van der Waals surface area contributed by atoms with Gasteiger partial charge in [-0.15, -0.1) is 11.3 Å². The maximum Gasteiger partial charge on any atom is 0.182 e. The Balaban J connectivity index is 1.84. The van der Waals surface area contributed by atoms with Crippen molar-refractivity contribution in [3.8, 4) is 0 Å². The van der Waals surface area contributed by atoms with Crippen molar-refractivity contribution >= 4 is 16.5 Å². The van der Waals surface area contributed by atoms with Gasteiger partial charge in [0.1, 0.15) is 0 Å². The lowest BCUT2D eigenvalue weighted by molar-refractivity contribution is 0.159. The molecule has 2 unspecified atom stereocenters. The molecule has 0 aromatic carbocycles. The van der Waals surface area contributed by atoms with Gasteiger partial charge in [0.05, 0.1) is 0 Å². The number of anilines is 1. The summed E-state index contributed by atoms with van der Waals surface area (Å²) >= 11 is 1.80. The highest BCUT2D eigenvalue weighted by molar-refractivity contribution is 7.15. The fourth-order valence-electron chi connectivity index (χ4n) is 2.87. The molecular weight excluding hydrogens is 254 g/mol. The van der Waals surface area contributed by atoms with Crippen molar-refractivity contribution < 1.29 is 0 Å². The summed E-state index contributed by atoms with van der Waals surface area (Å²) in [5.41, 5.74) is 0. The molecule has 19 heavy (non-hydrogen) atoms. The van der Waals surface area contributed by atoms with Gasteiger partial charge in [-0.25, -0.2) is 4.98 Å². The molecule has 0 radical (unpaired) electrons. The molecule has 0 amide bonds. The zero-order chi connectivity index (χ0) is 13.7. The zero-order valence-electron chi connectivity index (χ0n) is 12.5. The van der Waals surface area contributed by atoms with E-state index in [2.05, 4.69) is 36.1 Å². The molecule has 0 spiro atoms. The van der Waals surface area contributed by atoms with E-state index in [9.17, 15) is 0 Å². The van der Waals surface area contributed by atoms with Crippen LogP contribution in [-0.4, -0.2) is 29.5 Å². The van der Waals surface area contributed by atoms with Crippen LogP contribution in [0.25, 0.3) is 0 Å². The first-order chi connectivity index (χ1) is 9.19. The Morgan fingerprint density at radius 1 is 1.47 bits per heavy atom. The second-order valence-electron chi connectivity index (χ2n) is 5.90. The predicted octanol–water partition coefficient (Wildman–Crippen LogP) is 3.98. The van der Waals surface area contributed by atoms with Crippen molar-refractivity contribution in [3.05, 3.63) is 11.1 Å². The van der Waals surface area contributed by atoms with Gasteiger partial charge in [-0.3, -0.25) is 4.90 Å². The minimum atomic E-state index is 0.762. The summed E-state index contributed by atoms with van der Waals surface area (Å²) in [4.78, 5) is 8.34. The molecule has 1 heterocycles. The van der Waals surface area contributed by atoms with Crippen LogP contribution in [0.15, 0.2) is 6.20 Å². The van der Waals surface area contributed by atoms with E-state index in [-0.39, 0.29) is 0 Å². The van der Waals surface area contributed by atoms with Gasteiger partial charge < -0.3 is 5.32 Å². The van der Waals surface area contributed by atoms with Crippen molar-refractivity contribution in [1.29, 1.82) is 0 Å². The molecule has 1 saturated carbocycles. The largest absolute Gasteiger partial charge is 0.362 e. The van der Waals surface area contributed by atoms with E-state index < -0.39 is 0 Å². The summed E-state index contributed by atoms with van der Waals surface area (Å²) in [6.07, 6.45) is 8.70. The average Bonchev–Trinajstić information content (AvgIpc) is 2.84. The molecular formula is C15H27N3S. The molecule has 1 aromatic rings. The normalized spacial score (nSPS) is 23.8. The summed E-state index contributed by atoms with van der Waals surface area (Å²) in [6, 6.07) is 0.762. The molecule has 0 bridgehead atoms. The fourth-order valence-corrected chi connectivity index (χ4v) is 3.77. The molecule has 1 N–H and O–H groups in total. The Bertz CT molecular complexity index is 377. The SMILES string of the molecule is CCCNc1ncc(CN(C)C2CCCC(C)C2)s1. The second-order valence-corrected chi connectivity index (χ2v) is 7.01. The topological polar surface area (TPSA) is 28.2 Å². The van der Waals surface area contributed by atoms with Gasteiger partial charge >= 0.3 is 0 Å². The number of hydrogen-bond acceptors (Lipinski definition) is 4. The van der Waals surface area contributed by atoms with Gasteiger partial charge in [0.2, 0.25) is 0 Å². The van der Waals surface area contributed by atoms with Gasteiger partial charge in [0, 0.05) is 30.2 Å². The first kappa shape index (κ1) is 14.8. The Hall–Kier alpha value is -0.610. The van der Waals surface area contributed by atoms with Crippen molar-refractivity contribution in [2.24, 2.45) is 5.92 Å². The number of aromatic nitrogens is 1. The van der Waals surface area contributed by atoms with Crippen LogP contribution >= 0.6 is 11.3 Å². The third-order valence-corrected chi connectivity index (χ3v) is 4.96. The molecule has 2 rings (SSSR count). The molecule has 0 aliphatic heterocycles. The molecule has 4 heteroatoms. The van der Waals surface area contributed by atoms with E-state index in [1.807, 2.05) is 6.20 Å². The summed E-state index contributed by atoms with van der Waals surface area (Å²) in [7, 11) is 2.27. The number of rotatable bonds is 6. The lowest BCUT2D eigenvalue weighted by atomic mass is 9.86. The molecule has 0 saturated heterocycles. The first-order valence-corrected chi connectivity index (χ1v) is 8.39. The molecule has 1 aliphatic carbocycles. The van der Waals surface area contributed by atoms with E-state index in [0.717, 1.165) is 36.6 Å². The molecule has 1 aromatic heterocycles. The highest BCUT2D eigenvalue weighted by Gasteiger charge is 2.22.